The molecule has 0 saturated heterocycles. The van der Waals surface area contributed by atoms with Crippen molar-refractivity contribution < 1.29 is 9.90 Å². The third-order valence-electron chi connectivity index (χ3n) is 1.29. The summed E-state index contributed by atoms with van der Waals surface area (Å²) in [6.45, 7) is 0. The summed E-state index contributed by atoms with van der Waals surface area (Å²) < 4.78 is 0.801. The van der Waals surface area contributed by atoms with Crippen molar-refractivity contribution >= 4 is 35.2 Å². The lowest BCUT2D eigenvalue weighted by atomic mass is 9.94. The Hall–Kier alpha value is -0.765. The van der Waals surface area contributed by atoms with E-state index in [-0.39, 0.29) is 0 Å². The maximum Gasteiger partial charge on any atom is 0.335 e. The summed E-state index contributed by atoms with van der Waals surface area (Å²) in [7, 11) is 1.86. The van der Waals surface area contributed by atoms with Crippen molar-refractivity contribution in [1.82, 2.24) is 0 Å². The molecule has 0 amide bonds. The summed E-state index contributed by atoms with van der Waals surface area (Å²) in [5.41, 5.74) is 1.26. The molecular formula is C7H6BBrO2. The predicted octanol–water partition coefficient (Wildman–Crippen LogP) is 0.406. The lowest BCUT2D eigenvalue weighted by molar-refractivity contribution is 0.0697. The fourth-order valence-electron chi connectivity index (χ4n) is 0.860. The zero-order chi connectivity index (χ0) is 8.43. The molecule has 0 aliphatic heterocycles. The molecule has 2 nitrogen and oxygen atoms in total. The maximum atomic E-state index is 10.5. The van der Waals surface area contributed by atoms with Crippen LogP contribution in [0.25, 0.3) is 0 Å². The summed E-state index contributed by atoms with van der Waals surface area (Å²) in [6.07, 6.45) is 0. The van der Waals surface area contributed by atoms with E-state index in [0.29, 0.717) is 5.56 Å². The van der Waals surface area contributed by atoms with E-state index in [2.05, 4.69) is 15.9 Å². The SMILES string of the molecule is Bc1cc(Br)cc(C(=O)O)c1. The first-order chi connectivity index (χ1) is 5.09. The number of aromatic carboxylic acids is 1. The Balaban J connectivity index is 3.19. The van der Waals surface area contributed by atoms with E-state index < -0.39 is 5.97 Å². The van der Waals surface area contributed by atoms with Gasteiger partial charge < -0.3 is 5.11 Å². The number of hydrogen-bond acceptors (Lipinski definition) is 1. The van der Waals surface area contributed by atoms with Gasteiger partial charge in [0, 0.05) is 4.47 Å². The van der Waals surface area contributed by atoms with Gasteiger partial charge in [-0.15, -0.1) is 0 Å². The average molecular weight is 213 g/mol. The van der Waals surface area contributed by atoms with Crippen molar-refractivity contribution in [2.45, 2.75) is 0 Å². The van der Waals surface area contributed by atoms with Crippen molar-refractivity contribution in [3.05, 3.63) is 28.2 Å². The number of halogens is 1. The van der Waals surface area contributed by atoms with Gasteiger partial charge in [0.05, 0.1) is 5.56 Å². The highest BCUT2D eigenvalue weighted by atomic mass is 79.9. The molecule has 1 aromatic carbocycles. The molecule has 1 aromatic rings. The van der Waals surface area contributed by atoms with Gasteiger partial charge in [0.15, 0.2) is 0 Å². The topological polar surface area (TPSA) is 37.3 Å². The zero-order valence-corrected chi connectivity index (χ0v) is 7.55. The summed E-state index contributed by atoms with van der Waals surface area (Å²) in [5.74, 6) is -0.894. The smallest absolute Gasteiger partial charge is 0.335 e. The molecule has 0 aliphatic rings. The summed E-state index contributed by atoms with van der Waals surface area (Å²) in [4.78, 5) is 10.5. The quantitative estimate of drug-likeness (QED) is 0.685. The minimum Gasteiger partial charge on any atom is -0.478 e. The maximum absolute atomic E-state index is 10.5. The van der Waals surface area contributed by atoms with Gasteiger partial charge in [-0.3, -0.25) is 0 Å². The summed E-state index contributed by atoms with van der Waals surface area (Å²) in [5, 5.41) is 8.61. The number of carboxylic acid groups (broad SMARTS) is 1. The number of rotatable bonds is 1. The Kier molecular flexibility index (Phi) is 2.34. The first-order valence-corrected chi connectivity index (χ1v) is 3.89. The van der Waals surface area contributed by atoms with Gasteiger partial charge in [-0.2, -0.15) is 0 Å². The molecule has 0 saturated carbocycles. The largest absolute Gasteiger partial charge is 0.478 e. The van der Waals surface area contributed by atoms with Crippen molar-refractivity contribution in [2.75, 3.05) is 0 Å². The first kappa shape index (κ1) is 8.33. The molecule has 0 aromatic heterocycles. The van der Waals surface area contributed by atoms with Crippen LogP contribution in [0.1, 0.15) is 10.4 Å². The van der Waals surface area contributed by atoms with E-state index in [1.807, 2.05) is 13.9 Å². The van der Waals surface area contributed by atoms with E-state index in [0.717, 1.165) is 9.94 Å². The number of benzene rings is 1. The molecule has 56 valence electrons. The Bertz CT molecular complexity index is 278. The standard InChI is InChI=1S/C7H6BBrO2/c8-5-1-4(7(10)11)2-6(9)3-5/h1-3H,8H2,(H,10,11). The molecule has 0 heterocycles. The number of hydrogen-bond donors (Lipinski definition) is 1. The van der Waals surface area contributed by atoms with Crippen LogP contribution >= 0.6 is 15.9 Å². The fraction of sp³-hybridized carbons (Fsp3) is 0. The van der Waals surface area contributed by atoms with Gasteiger partial charge in [-0.05, 0) is 6.07 Å². The molecule has 0 fully saturated rings. The molecular weight excluding hydrogens is 207 g/mol. The van der Waals surface area contributed by atoms with Gasteiger partial charge in [0.25, 0.3) is 0 Å². The number of carboxylic acids is 1. The molecule has 4 heteroatoms. The summed E-state index contributed by atoms with van der Waals surface area (Å²) >= 11 is 3.22. The summed E-state index contributed by atoms with van der Waals surface area (Å²) in [6, 6.07) is 5.08. The number of carbonyl (C=O) groups is 1. The van der Waals surface area contributed by atoms with Crippen LogP contribution in [0.3, 0.4) is 0 Å². The Labute approximate surface area is 73.8 Å². The molecule has 0 spiro atoms. The Morgan fingerprint density at radius 1 is 1.45 bits per heavy atom. The van der Waals surface area contributed by atoms with Crippen LogP contribution in [-0.4, -0.2) is 18.9 Å². The van der Waals surface area contributed by atoms with Crippen LogP contribution in [0.5, 0.6) is 0 Å². The van der Waals surface area contributed by atoms with E-state index in [1.54, 1.807) is 12.1 Å². The van der Waals surface area contributed by atoms with E-state index in [9.17, 15) is 4.79 Å². The highest BCUT2D eigenvalue weighted by Gasteiger charge is 2.02. The third kappa shape index (κ3) is 2.08. The van der Waals surface area contributed by atoms with Crippen molar-refractivity contribution in [1.29, 1.82) is 0 Å². The molecule has 0 unspecified atom stereocenters. The normalized spacial score (nSPS) is 9.55. The molecule has 0 bridgehead atoms. The molecule has 0 radical (unpaired) electrons. The molecule has 11 heavy (non-hydrogen) atoms. The highest BCUT2D eigenvalue weighted by Crippen LogP contribution is 2.09. The van der Waals surface area contributed by atoms with Crippen LogP contribution < -0.4 is 5.46 Å². The zero-order valence-electron chi connectivity index (χ0n) is 5.97. The minimum absolute atomic E-state index is 0.317. The van der Waals surface area contributed by atoms with Gasteiger partial charge in [0.2, 0.25) is 0 Å². The van der Waals surface area contributed by atoms with Crippen LogP contribution in [-0.2, 0) is 0 Å². The van der Waals surface area contributed by atoms with Crippen LogP contribution in [0.4, 0.5) is 0 Å². The van der Waals surface area contributed by atoms with Crippen LogP contribution in [0.15, 0.2) is 22.7 Å². The van der Waals surface area contributed by atoms with Crippen molar-refractivity contribution in [3.63, 3.8) is 0 Å². The second kappa shape index (κ2) is 3.09. The average Bonchev–Trinajstić information content (AvgIpc) is 1.85. The van der Waals surface area contributed by atoms with Crippen molar-refractivity contribution in [3.8, 4) is 0 Å². The second-order valence-corrected chi connectivity index (χ2v) is 3.24. The minimum atomic E-state index is -0.894. The molecule has 0 aliphatic carbocycles. The van der Waals surface area contributed by atoms with E-state index >= 15 is 0 Å². The lowest BCUT2D eigenvalue weighted by Crippen LogP contribution is -2.06. The van der Waals surface area contributed by atoms with Gasteiger partial charge >= 0.3 is 5.97 Å². The lowest BCUT2D eigenvalue weighted by Gasteiger charge is -1.97. The van der Waals surface area contributed by atoms with E-state index in [1.165, 1.54) is 0 Å². The fourth-order valence-corrected chi connectivity index (χ4v) is 1.47. The highest BCUT2D eigenvalue weighted by molar-refractivity contribution is 9.10. The predicted molar refractivity (Wildman–Crippen MR) is 49.3 cm³/mol. The molecule has 1 rings (SSSR count). The monoisotopic (exact) mass is 212 g/mol. The van der Waals surface area contributed by atoms with Gasteiger partial charge in [0.1, 0.15) is 7.85 Å². The second-order valence-electron chi connectivity index (χ2n) is 2.32. The van der Waals surface area contributed by atoms with Crippen LogP contribution in [0.2, 0.25) is 0 Å². The van der Waals surface area contributed by atoms with Gasteiger partial charge in [-0.25, -0.2) is 4.79 Å². The Morgan fingerprint density at radius 3 is 2.55 bits per heavy atom. The third-order valence-corrected chi connectivity index (χ3v) is 1.75. The van der Waals surface area contributed by atoms with Gasteiger partial charge in [-0.1, -0.05) is 33.5 Å². The van der Waals surface area contributed by atoms with Crippen molar-refractivity contribution in [2.24, 2.45) is 0 Å². The molecule has 0 atom stereocenters. The Morgan fingerprint density at radius 2 is 2.09 bits per heavy atom. The van der Waals surface area contributed by atoms with Crippen LogP contribution in [0, 0.1) is 0 Å². The molecule has 1 N–H and O–H groups in total. The first-order valence-electron chi connectivity index (χ1n) is 3.10. The van der Waals surface area contributed by atoms with E-state index in [4.69, 9.17) is 5.11 Å².